The molecule has 1 aromatic carbocycles. The molecule has 0 fully saturated rings. The van der Waals surface area contributed by atoms with Gasteiger partial charge in [-0.25, -0.2) is 0 Å². The molecule has 1 aliphatic rings. The predicted octanol–water partition coefficient (Wildman–Crippen LogP) is 2.84. The van der Waals surface area contributed by atoms with Gasteiger partial charge in [-0.2, -0.15) is 28.8 Å². The zero-order valence-corrected chi connectivity index (χ0v) is 9.25. The van der Waals surface area contributed by atoms with Gasteiger partial charge in [0, 0.05) is 21.7 Å². The van der Waals surface area contributed by atoms with E-state index in [0.29, 0.717) is 0 Å². The molecule has 1 heteroatoms. The Labute approximate surface area is 89.6 Å². The molecule has 2 rings (SSSR count). The van der Waals surface area contributed by atoms with E-state index in [1.807, 2.05) is 0 Å². The Kier molecular flexibility index (Phi) is 3.67. The third-order valence-corrected chi connectivity index (χ3v) is 2.76. The van der Waals surface area contributed by atoms with E-state index in [2.05, 4.69) is 19.1 Å². The number of aryl methyl sites for hydroxylation is 2. The van der Waals surface area contributed by atoms with E-state index in [0.717, 1.165) is 0 Å². The van der Waals surface area contributed by atoms with Crippen LogP contribution in [0.3, 0.4) is 0 Å². The molecule has 0 aliphatic heterocycles. The van der Waals surface area contributed by atoms with E-state index >= 15 is 0 Å². The molecule has 0 saturated heterocycles. The maximum absolute atomic E-state index is 2.33. The Morgan fingerprint density at radius 2 is 2.08 bits per heavy atom. The zero-order chi connectivity index (χ0) is 7.68. The van der Waals surface area contributed by atoms with Crippen LogP contribution >= 0.6 is 0 Å². The van der Waals surface area contributed by atoms with E-state index in [1.54, 1.807) is 16.7 Å². The smallest absolute Gasteiger partial charge is 0 e. The first kappa shape index (κ1) is 10.1. The average molecular weight is 195 g/mol. The zero-order valence-electron chi connectivity index (χ0n) is 7.69. The fraction of sp³-hybridized carbons (Fsp3) is 0.545. The standard InChI is InChI=1S/C11H15.Ti/c1-2-9-7-8-10-5-3-4-6-11(9)10;/h7-8H,2-6H2,1H3;/q-1;. The van der Waals surface area contributed by atoms with Gasteiger partial charge < -0.3 is 0 Å². The van der Waals surface area contributed by atoms with Crippen LogP contribution in [0, 0.1) is 0 Å². The first-order chi connectivity index (χ1) is 5.42. The van der Waals surface area contributed by atoms with Gasteiger partial charge in [0.25, 0.3) is 0 Å². The Morgan fingerprint density at radius 1 is 1.33 bits per heavy atom. The van der Waals surface area contributed by atoms with Crippen LogP contribution < -0.4 is 0 Å². The number of hydrogen-bond acceptors (Lipinski definition) is 0. The fourth-order valence-electron chi connectivity index (χ4n) is 2.11. The van der Waals surface area contributed by atoms with Crippen molar-refractivity contribution in [2.75, 3.05) is 0 Å². The summed E-state index contributed by atoms with van der Waals surface area (Å²) < 4.78 is 0. The summed E-state index contributed by atoms with van der Waals surface area (Å²) in [4.78, 5) is 0. The summed E-state index contributed by atoms with van der Waals surface area (Å²) in [5.41, 5.74) is 4.91. The van der Waals surface area contributed by atoms with E-state index in [1.165, 1.54) is 32.1 Å². The molecule has 12 heavy (non-hydrogen) atoms. The van der Waals surface area contributed by atoms with Crippen molar-refractivity contribution in [1.82, 2.24) is 0 Å². The SMILES string of the molecule is CCc1c[cH-]c2c1CCCC2.[Ti]. The third kappa shape index (κ3) is 1.70. The monoisotopic (exact) mass is 195 g/mol. The molecular formula is C11H15Ti-. The van der Waals surface area contributed by atoms with Gasteiger partial charge in [-0.3, -0.25) is 0 Å². The van der Waals surface area contributed by atoms with Gasteiger partial charge in [0.05, 0.1) is 0 Å². The number of fused-ring (bicyclic) bond motifs is 1. The van der Waals surface area contributed by atoms with E-state index < -0.39 is 0 Å². The molecule has 0 heterocycles. The van der Waals surface area contributed by atoms with Crippen LogP contribution in [0.1, 0.15) is 36.5 Å². The molecule has 0 nitrogen and oxygen atoms in total. The minimum absolute atomic E-state index is 0. The number of hydrogen-bond donors (Lipinski definition) is 0. The molecule has 0 aromatic heterocycles. The topological polar surface area (TPSA) is 0 Å². The van der Waals surface area contributed by atoms with Crippen molar-refractivity contribution in [3.05, 3.63) is 28.8 Å². The molecule has 1 aliphatic carbocycles. The third-order valence-electron chi connectivity index (χ3n) is 2.76. The van der Waals surface area contributed by atoms with Crippen molar-refractivity contribution in [2.45, 2.75) is 39.0 Å². The second kappa shape index (κ2) is 4.34. The van der Waals surface area contributed by atoms with E-state index in [-0.39, 0.29) is 21.7 Å². The molecule has 0 unspecified atom stereocenters. The Hall–Kier alpha value is 0.0643. The van der Waals surface area contributed by atoms with Gasteiger partial charge in [0.2, 0.25) is 0 Å². The fourth-order valence-corrected chi connectivity index (χ4v) is 2.11. The van der Waals surface area contributed by atoms with Gasteiger partial charge in [0.15, 0.2) is 0 Å². The average Bonchev–Trinajstić information content (AvgIpc) is 2.47. The normalized spacial score (nSPS) is 15.1. The van der Waals surface area contributed by atoms with E-state index in [9.17, 15) is 0 Å². The number of rotatable bonds is 1. The molecule has 0 bridgehead atoms. The first-order valence-electron chi connectivity index (χ1n) is 4.68. The Balaban J connectivity index is 0.000000720. The van der Waals surface area contributed by atoms with Crippen molar-refractivity contribution in [3.63, 3.8) is 0 Å². The van der Waals surface area contributed by atoms with Gasteiger partial charge in [-0.05, 0) is 0 Å². The predicted molar refractivity (Wildman–Crippen MR) is 48.1 cm³/mol. The molecule has 1 aromatic rings. The largest absolute Gasteiger partial charge is 0.196 e. The maximum Gasteiger partial charge on any atom is 0 e. The van der Waals surface area contributed by atoms with Gasteiger partial charge in [0.1, 0.15) is 0 Å². The van der Waals surface area contributed by atoms with Gasteiger partial charge in [-0.15, -0.1) is 0 Å². The summed E-state index contributed by atoms with van der Waals surface area (Å²) in [6.45, 7) is 2.25. The molecule has 0 atom stereocenters. The second-order valence-electron chi connectivity index (χ2n) is 3.42. The van der Waals surface area contributed by atoms with E-state index in [4.69, 9.17) is 0 Å². The first-order valence-corrected chi connectivity index (χ1v) is 4.68. The molecule has 0 amide bonds. The van der Waals surface area contributed by atoms with Crippen LogP contribution in [0.5, 0.6) is 0 Å². The van der Waals surface area contributed by atoms with Crippen molar-refractivity contribution >= 4 is 0 Å². The van der Waals surface area contributed by atoms with Crippen molar-refractivity contribution in [1.29, 1.82) is 0 Å². The van der Waals surface area contributed by atoms with Crippen LogP contribution in [0.2, 0.25) is 0 Å². The minimum Gasteiger partial charge on any atom is -0.196 e. The summed E-state index contributed by atoms with van der Waals surface area (Å²) in [6, 6.07) is 4.64. The Morgan fingerprint density at radius 3 is 2.83 bits per heavy atom. The maximum atomic E-state index is 2.33. The molecule has 0 N–H and O–H groups in total. The summed E-state index contributed by atoms with van der Waals surface area (Å²) in [5, 5.41) is 0. The summed E-state index contributed by atoms with van der Waals surface area (Å²) >= 11 is 0. The quantitative estimate of drug-likeness (QED) is 0.477. The summed E-state index contributed by atoms with van der Waals surface area (Å²) in [6.07, 6.45) is 6.69. The van der Waals surface area contributed by atoms with Crippen LogP contribution in [0.25, 0.3) is 0 Å². The molecule has 64 valence electrons. The molecule has 0 saturated carbocycles. The Bertz CT molecular complexity index is 234. The molecular weight excluding hydrogens is 180 g/mol. The summed E-state index contributed by atoms with van der Waals surface area (Å²) in [7, 11) is 0. The van der Waals surface area contributed by atoms with Crippen LogP contribution in [-0.2, 0) is 41.0 Å². The van der Waals surface area contributed by atoms with Gasteiger partial charge >= 0.3 is 0 Å². The van der Waals surface area contributed by atoms with Crippen LogP contribution in [0.15, 0.2) is 12.1 Å². The van der Waals surface area contributed by atoms with Crippen molar-refractivity contribution < 1.29 is 21.7 Å². The van der Waals surface area contributed by atoms with Crippen molar-refractivity contribution in [3.8, 4) is 0 Å². The second-order valence-corrected chi connectivity index (χ2v) is 3.42. The van der Waals surface area contributed by atoms with Crippen LogP contribution in [-0.4, -0.2) is 0 Å². The summed E-state index contributed by atoms with van der Waals surface area (Å²) in [5.74, 6) is 0. The van der Waals surface area contributed by atoms with Crippen LogP contribution in [0.4, 0.5) is 0 Å². The minimum atomic E-state index is 0. The van der Waals surface area contributed by atoms with Crippen molar-refractivity contribution in [2.24, 2.45) is 0 Å². The van der Waals surface area contributed by atoms with Gasteiger partial charge in [-0.1, -0.05) is 39.0 Å². The molecule has 0 radical (unpaired) electrons. The molecule has 0 spiro atoms.